The molecule has 4 heteroatoms. The van der Waals surface area contributed by atoms with Crippen molar-refractivity contribution in [3.8, 4) is 0 Å². The fraction of sp³-hybridized carbons (Fsp3) is 0.417. The molecule has 0 spiro atoms. The number of aromatic nitrogens is 2. The first-order valence-electron chi connectivity index (χ1n) is 5.62. The van der Waals surface area contributed by atoms with E-state index in [9.17, 15) is 0 Å². The van der Waals surface area contributed by atoms with Crippen LogP contribution in [0.1, 0.15) is 5.82 Å². The predicted molar refractivity (Wildman–Crippen MR) is 63.9 cm³/mol. The number of H-pyrrole nitrogens is 1. The Hall–Kier alpha value is -1.55. The first-order valence-corrected chi connectivity index (χ1v) is 5.62. The molecule has 3 rings (SSSR count). The predicted octanol–water partition coefficient (Wildman–Crippen LogP) is 1.71. The topological polar surface area (TPSA) is 41.2 Å². The second-order valence-corrected chi connectivity index (χ2v) is 4.09. The number of para-hydroxylation sites is 1. The van der Waals surface area contributed by atoms with E-state index >= 15 is 0 Å². The van der Waals surface area contributed by atoms with Gasteiger partial charge in [-0.15, -0.1) is 0 Å². The van der Waals surface area contributed by atoms with Crippen molar-refractivity contribution in [1.29, 1.82) is 0 Å². The number of benzene rings is 1. The highest BCUT2D eigenvalue weighted by Gasteiger charge is 2.15. The van der Waals surface area contributed by atoms with Crippen LogP contribution in [0.3, 0.4) is 0 Å². The molecule has 2 heterocycles. The number of imidazole rings is 1. The third-order valence-electron chi connectivity index (χ3n) is 2.96. The Kier molecular flexibility index (Phi) is 2.29. The third kappa shape index (κ3) is 1.55. The number of nitrogens with one attached hydrogen (secondary N) is 1. The monoisotopic (exact) mass is 217 g/mol. The Bertz CT molecular complexity index is 500. The van der Waals surface area contributed by atoms with Gasteiger partial charge in [-0.2, -0.15) is 0 Å². The van der Waals surface area contributed by atoms with Gasteiger partial charge < -0.3 is 14.6 Å². The lowest BCUT2D eigenvalue weighted by Gasteiger charge is -2.28. The fourth-order valence-corrected chi connectivity index (χ4v) is 2.20. The van der Waals surface area contributed by atoms with E-state index in [-0.39, 0.29) is 0 Å². The number of fused-ring (bicyclic) bond motifs is 1. The quantitative estimate of drug-likeness (QED) is 0.790. The zero-order valence-corrected chi connectivity index (χ0v) is 9.36. The molecule has 1 aromatic heterocycles. The summed E-state index contributed by atoms with van der Waals surface area (Å²) in [6.07, 6.45) is 0. The van der Waals surface area contributed by atoms with E-state index in [2.05, 4.69) is 33.1 Å². The summed E-state index contributed by atoms with van der Waals surface area (Å²) < 4.78 is 5.37. The SMILES string of the molecule is Cc1nc2c(N3CCOCC3)cccc2[nH]1. The molecule has 0 bridgehead atoms. The van der Waals surface area contributed by atoms with Crippen LogP contribution in [0, 0.1) is 6.92 Å². The largest absolute Gasteiger partial charge is 0.378 e. The molecule has 0 saturated carbocycles. The van der Waals surface area contributed by atoms with Gasteiger partial charge in [0.25, 0.3) is 0 Å². The molecule has 1 aromatic carbocycles. The van der Waals surface area contributed by atoms with E-state index in [4.69, 9.17) is 4.74 Å². The first kappa shape index (κ1) is 9.66. The van der Waals surface area contributed by atoms with E-state index in [0.717, 1.165) is 43.2 Å². The van der Waals surface area contributed by atoms with Crippen molar-refractivity contribution in [2.24, 2.45) is 0 Å². The zero-order valence-electron chi connectivity index (χ0n) is 9.36. The second-order valence-electron chi connectivity index (χ2n) is 4.09. The van der Waals surface area contributed by atoms with Crippen molar-refractivity contribution in [2.75, 3.05) is 31.2 Å². The highest BCUT2D eigenvalue weighted by atomic mass is 16.5. The summed E-state index contributed by atoms with van der Waals surface area (Å²) in [7, 11) is 0. The average Bonchev–Trinajstić information content (AvgIpc) is 2.70. The smallest absolute Gasteiger partial charge is 0.112 e. The van der Waals surface area contributed by atoms with Crippen molar-refractivity contribution < 1.29 is 4.74 Å². The Morgan fingerprint density at radius 3 is 2.94 bits per heavy atom. The molecular formula is C12H15N3O. The molecule has 1 N–H and O–H groups in total. The molecule has 1 aliphatic rings. The average molecular weight is 217 g/mol. The summed E-state index contributed by atoms with van der Waals surface area (Å²) in [5.74, 6) is 0.968. The number of nitrogens with zero attached hydrogens (tertiary/aromatic N) is 2. The molecule has 16 heavy (non-hydrogen) atoms. The highest BCUT2D eigenvalue weighted by Crippen LogP contribution is 2.25. The van der Waals surface area contributed by atoms with E-state index < -0.39 is 0 Å². The van der Waals surface area contributed by atoms with Crippen LogP contribution in [0.4, 0.5) is 5.69 Å². The lowest BCUT2D eigenvalue weighted by atomic mass is 10.2. The molecule has 1 aliphatic heterocycles. The zero-order chi connectivity index (χ0) is 11.0. The van der Waals surface area contributed by atoms with Gasteiger partial charge in [-0.3, -0.25) is 0 Å². The van der Waals surface area contributed by atoms with Gasteiger partial charge in [-0.1, -0.05) is 6.07 Å². The number of hydrogen-bond acceptors (Lipinski definition) is 3. The Labute approximate surface area is 94.2 Å². The molecular weight excluding hydrogens is 202 g/mol. The van der Waals surface area contributed by atoms with Crippen LogP contribution < -0.4 is 4.90 Å². The van der Waals surface area contributed by atoms with Gasteiger partial charge in [-0.25, -0.2) is 4.98 Å². The van der Waals surface area contributed by atoms with Crippen molar-refractivity contribution in [3.05, 3.63) is 24.0 Å². The van der Waals surface area contributed by atoms with Crippen LogP contribution in [-0.2, 0) is 4.74 Å². The van der Waals surface area contributed by atoms with Gasteiger partial charge in [0.2, 0.25) is 0 Å². The van der Waals surface area contributed by atoms with Crippen LogP contribution in [0.2, 0.25) is 0 Å². The van der Waals surface area contributed by atoms with Crippen LogP contribution in [-0.4, -0.2) is 36.3 Å². The Morgan fingerprint density at radius 2 is 2.12 bits per heavy atom. The number of aryl methyl sites for hydroxylation is 1. The van der Waals surface area contributed by atoms with Gasteiger partial charge >= 0.3 is 0 Å². The maximum atomic E-state index is 5.37. The van der Waals surface area contributed by atoms with Crippen molar-refractivity contribution in [3.63, 3.8) is 0 Å². The molecule has 0 amide bonds. The first-order chi connectivity index (χ1) is 7.84. The number of rotatable bonds is 1. The molecule has 4 nitrogen and oxygen atoms in total. The van der Waals surface area contributed by atoms with Crippen molar-refractivity contribution >= 4 is 16.7 Å². The summed E-state index contributed by atoms with van der Waals surface area (Å²) in [5.41, 5.74) is 3.40. The van der Waals surface area contributed by atoms with Crippen LogP contribution in [0.5, 0.6) is 0 Å². The molecule has 0 aliphatic carbocycles. The lowest BCUT2D eigenvalue weighted by molar-refractivity contribution is 0.123. The van der Waals surface area contributed by atoms with Crippen molar-refractivity contribution in [2.45, 2.75) is 6.92 Å². The number of morpholine rings is 1. The Balaban J connectivity index is 2.07. The molecule has 84 valence electrons. The van der Waals surface area contributed by atoms with Crippen LogP contribution in [0.25, 0.3) is 11.0 Å². The maximum Gasteiger partial charge on any atom is 0.112 e. The molecule has 2 aromatic rings. The standard InChI is InChI=1S/C12H15N3O/c1-9-13-10-3-2-4-11(12(10)14-9)15-5-7-16-8-6-15/h2-4H,5-8H2,1H3,(H,13,14). The summed E-state index contributed by atoms with van der Waals surface area (Å²) in [5, 5.41) is 0. The second kappa shape index (κ2) is 3.79. The summed E-state index contributed by atoms with van der Waals surface area (Å²) in [4.78, 5) is 10.2. The molecule has 1 fully saturated rings. The number of aromatic amines is 1. The number of hydrogen-bond donors (Lipinski definition) is 1. The van der Waals surface area contributed by atoms with E-state index in [0.29, 0.717) is 0 Å². The number of anilines is 1. The minimum absolute atomic E-state index is 0.805. The fourth-order valence-electron chi connectivity index (χ4n) is 2.20. The summed E-state index contributed by atoms with van der Waals surface area (Å²) in [6.45, 7) is 5.50. The molecule has 0 unspecified atom stereocenters. The van der Waals surface area contributed by atoms with Gasteiger partial charge in [0.15, 0.2) is 0 Å². The maximum absolute atomic E-state index is 5.37. The van der Waals surface area contributed by atoms with E-state index in [1.807, 2.05) is 6.92 Å². The summed E-state index contributed by atoms with van der Waals surface area (Å²) in [6, 6.07) is 6.28. The normalized spacial score (nSPS) is 16.9. The molecule has 0 atom stereocenters. The Morgan fingerprint density at radius 1 is 1.31 bits per heavy atom. The highest BCUT2D eigenvalue weighted by molar-refractivity contribution is 5.88. The van der Waals surface area contributed by atoms with E-state index in [1.165, 1.54) is 5.69 Å². The summed E-state index contributed by atoms with van der Waals surface area (Å²) >= 11 is 0. The third-order valence-corrected chi connectivity index (χ3v) is 2.96. The lowest BCUT2D eigenvalue weighted by Crippen LogP contribution is -2.36. The van der Waals surface area contributed by atoms with Crippen LogP contribution >= 0.6 is 0 Å². The van der Waals surface area contributed by atoms with Gasteiger partial charge in [0.05, 0.1) is 24.4 Å². The minimum atomic E-state index is 0.805. The number of ether oxygens (including phenoxy) is 1. The van der Waals surface area contributed by atoms with Crippen LogP contribution in [0.15, 0.2) is 18.2 Å². The van der Waals surface area contributed by atoms with E-state index in [1.54, 1.807) is 0 Å². The van der Waals surface area contributed by atoms with Gasteiger partial charge in [-0.05, 0) is 19.1 Å². The van der Waals surface area contributed by atoms with Gasteiger partial charge in [0, 0.05) is 13.1 Å². The molecule has 0 radical (unpaired) electrons. The molecule has 1 saturated heterocycles. The van der Waals surface area contributed by atoms with Gasteiger partial charge in [0.1, 0.15) is 11.3 Å². The van der Waals surface area contributed by atoms with Crippen molar-refractivity contribution in [1.82, 2.24) is 9.97 Å². The minimum Gasteiger partial charge on any atom is -0.378 e.